The zero-order valence-corrected chi connectivity index (χ0v) is 12.4. The molecule has 0 fully saturated rings. The summed E-state index contributed by atoms with van der Waals surface area (Å²) < 4.78 is 7.15. The molecule has 2 N–H and O–H groups in total. The third-order valence-corrected chi connectivity index (χ3v) is 3.61. The molecule has 1 unspecified atom stereocenters. The second-order valence-electron chi connectivity index (χ2n) is 4.98. The number of aromatic nitrogens is 2. The third-order valence-electron chi connectivity index (χ3n) is 3.30. The van der Waals surface area contributed by atoms with Gasteiger partial charge in [0.25, 0.3) is 5.91 Å². The molecule has 0 bridgehead atoms. The lowest BCUT2D eigenvalue weighted by Gasteiger charge is -2.21. The molecule has 1 amide bonds. The van der Waals surface area contributed by atoms with Gasteiger partial charge in [-0.15, -0.1) is 0 Å². The third kappa shape index (κ3) is 2.80. The average molecular weight is 307 g/mol. The van der Waals surface area contributed by atoms with Gasteiger partial charge in [0.2, 0.25) is 0 Å². The summed E-state index contributed by atoms with van der Waals surface area (Å²) in [5.41, 5.74) is 2.40. The molecule has 3 rings (SSSR count). The monoisotopic (exact) mass is 306 g/mol. The molecule has 6 nitrogen and oxygen atoms in total. The highest BCUT2D eigenvalue weighted by Crippen LogP contribution is 2.37. The van der Waals surface area contributed by atoms with E-state index in [0.29, 0.717) is 16.5 Å². The second kappa shape index (κ2) is 5.29. The molecule has 110 valence electrons. The lowest BCUT2D eigenvalue weighted by molar-refractivity contribution is -0.118. The molecule has 0 radical (unpaired) electrons. The van der Waals surface area contributed by atoms with E-state index >= 15 is 0 Å². The highest BCUT2D eigenvalue weighted by molar-refractivity contribution is 6.33. The van der Waals surface area contributed by atoms with Crippen molar-refractivity contribution in [1.82, 2.24) is 9.78 Å². The summed E-state index contributed by atoms with van der Waals surface area (Å²) in [5, 5.41) is 10.7. The van der Waals surface area contributed by atoms with Crippen molar-refractivity contribution in [1.29, 1.82) is 0 Å². The molecule has 2 aromatic rings. The summed E-state index contributed by atoms with van der Waals surface area (Å²) in [6.45, 7) is 2.04. The Morgan fingerprint density at radius 3 is 3.05 bits per heavy atom. The number of hydrogen-bond donors (Lipinski definition) is 2. The zero-order valence-electron chi connectivity index (χ0n) is 11.7. The number of nitrogens with one attached hydrogen (secondary N) is 2. The van der Waals surface area contributed by atoms with Crippen molar-refractivity contribution in [3.8, 4) is 5.75 Å². The summed E-state index contributed by atoms with van der Waals surface area (Å²) >= 11 is 6.26. The van der Waals surface area contributed by atoms with Gasteiger partial charge >= 0.3 is 0 Å². The summed E-state index contributed by atoms with van der Waals surface area (Å²) in [6.07, 6.45) is 3.75. The van der Waals surface area contributed by atoms with Crippen LogP contribution >= 0.6 is 11.6 Å². The minimum absolute atomic E-state index is 0.0201. The molecule has 2 heterocycles. The van der Waals surface area contributed by atoms with Crippen molar-refractivity contribution >= 4 is 28.9 Å². The highest BCUT2D eigenvalue weighted by Gasteiger charge is 2.19. The van der Waals surface area contributed by atoms with E-state index in [9.17, 15) is 4.79 Å². The number of aryl methyl sites for hydroxylation is 1. The maximum Gasteiger partial charge on any atom is 0.262 e. The summed E-state index contributed by atoms with van der Waals surface area (Å²) in [7, 11) is 1.87. The Kier molecular flexibility index (Phi) is 3.47. The SMILES string of the molecule is CC(Nc1cc2c(cc1Cl)NC(=O)CO2)c1cnn(C)c1. The van der Waals surface area contributed by atoms with Crippen LogP contribution in [0.2, 0.25) is 5.02 Å². The molecular weight excluding hydrogens is 292 g/mol. The van der Waals surface area contributed by atoms with Crippen LogP contribution in [-0.2, 0) is 11.8 Å². The van der Waals surface area contributed by atoms with Gasteiger partial charge in [0, 0.05) is 24.9 Å². The first-order chi connectivity index (χ1) is 10.0. The van der Waals surface area contributed by atoms with Crippen molar-refractivity contribution in [3.63, 3.8) is 0 Å². The van der Waals surface area contributed by atoms with Gasteiger partial charge < -0.3 is 15.4 Å². The fourth-order valence-corrected chi connectivity index (χ4v) is 2.41. The normalized spacial score (nSPS) is 14.9. The van der Waals surface area contributed by atoms with Gasteiger partial charge in [0.05, 0.1) is 28.6 Å². The molecule has 0 saturated heterocycles. The Bertz CT molecular complexity index is 698. The van der Waals surface area contributed by atoms with Gasteiger partial charge in [-0.3, -0.25) is 9.48 Å². The van der Waals surface area contributed by atoms with Crippen LogP contribution in [0.4, 0.5) is 11.4 Å². The molecule has 1 atom stereocenters. The number of amides is 1. The maximum atomic E-state index is 11.3. The van der Waals surface area contributed by atoms with Gasteiger partial charge in [0.1, 0.15) is 5.75 Å². The highest BCUT2D eigenvalue weighted by atomic mass is 35.5. The fourth-order valence-electron chi connectivity index (χ4n) is 2.19. The molecule has 7 heteroatoms. The number of benzene rings is 1. The smallest absolute Gasteiger partial charge is 0.262 e. The van der Waals surface area contributed by atoms with Gasteiger partial charge in [-0.05, 0) is 13.0 Å². The van der Waals surface area contributed by atoms with Gasteiger partial charge in [-0.1, -0.05) is 11.6 Å². The van der Waals surface area contributed by atoms with E-state index in [-0.39, 0.29) is 18.6 Å². The van der Waals surface area contributed by atoms with Crippen LogP contribution in [0.3, 0.4) is 0 Å². The Morgan fingerprint density at radius 2 is 2.33 bits per heavy atom. The number of carbonyl (C=O) groups excluding carboxylic acids is 1. The number of hydrogen-bond acceptors (Lipinski definition) is 4. The van der Waals surface area contributed by atoms with E-state index in [1.54, 1.807) is 23.0 Å². The predicted molar refractivity (Wildman–Crippen MR) is 80.8 cm³/mol. The molecule has 1 aliphatic heterocycles. The molecular formula is C14H15ClN4O2. The van der Waals surface area contributed by atoms with E-state index in [2.05, 4.69) is 15.7 Å². The average Bonchev–Trinajstić information content (AvgIpc) is 2.86. The topological polar surface area (TPSA) is 68.2 Å². The molecule has 1 aliphatic rings. The number of ether oxygens (including phenoxy) is 1. The fraction of sp³-hybridized carbons (Fsp3) is 0.286. The van der Waals surface area contributed by atoms with Crippen LogP contribution in [0, 0.1) is 0 Å². The first-order valence-electron chi connectivity index (χ1n) is 6.54. The van der Waals surface area contributed by atoms with Crippen LogP contribution in [0.5, 0.6) is 5.75 Å². The van der Waals surface area contributed by atoms with Crippen molar-refractivity contribution in [2.45, 2.75) is 13.0 Å². The standard InChI is InChI=1S/C14H15ClN4O2/c1-8(9-5-16-19(2)6-9)17-11-4-13-12(3-10(11)15)18-14(20)7-21-13/h3-6,8,17H,7H2,1-2H3,(H,18,20). The Morgan fingerprint density at radius 1 is 1.52 bits per heavy atom. The van der Waals surface area contributed by atoms with Crippen LogP contribution in [-0.4, -0.2) is 22.3 Å². The molecule has 1 aromatic heterocycles. The molecule has 0 aliphatic carbocycles. The minimum Gasteiger partial charge on any atom is -0.482 e. The number of halogens is 1. The van der Waals surface area contributed by atoms with Crippen LogP contribution in [0.15, 0.2) is 24.5 Å². The van der Waals surface area contributed by atoms with Gasteiger partial charge in [-0.2, -0.15) is 5.10 Å². The van der Waals surface area contributed by atoms with E-state index < -0.39 is 0 Å². The summed E-state index contributed by atoms with van der Waals surface area (Å²) in [5.74, 6) is 0.433. The lowest BCUT2D eigenvalue weighted by Crippen LogP contribution is -2.25. The number of anilines is 2. The van der Waals surface area contributed by atoms with Gasteiger partial charge in [0.15, 0.2) is 6.61 Å². The van der Waals surface area contributed by atoms with Crippen molar-refractivity contribution in [3.05, 3.63) is 35.1 Å². The van der Waals surface area contributed by atoms with Gasteiger partial charge in [-0.25, -0.2) is 0 Å². The van der Waals surface area contributed by atoms with E-state index in [1.807, 2.05) is 20.2 Å². The first kappa shape index (κ1) is 13.8. The number of carbonyl (C=O) groups is 1. The maximum absolute atomic E-state index is 11.3. The quantitative estimate of drug-likeness (QED) is 0.914. The number of rotatable bonds is 3. The van der Waals surface area contributed by atoms with Crippen LogP contribution < -0.4 is 15.4 Å². The second-order valence-corrected chi connectivity index (χ2v) is 5.39. The molecule has 1 aromatic carbocycles. The Balaban J connectivity index is 1.84. The first-order valence-corrected chi connectivity index (χ1v) is 6.92. The number of fused-ring (bicyclic) bond motifs is 1. The molecule has 0 spiro atoms. The summed E-state index contributed by atoms with van der Waals surface area (Å²) in [4.78, 5) is 11.3. The molecule has 21 heavy (non-hydrogen) atoms. The largest absolute Gasteiger partial charge is 0.482 e. The van der Waals surface area contributed by atoms with E-state index in [0.717, 1.165) is 11.3 Å². The van der Waals surface area contributed by atoms with Crippen molar-refractivity contribution in [2.24, 2.45) is 7.05 Å². The number of nitrogens with zero attached hydrogens (tertiary/aromatic N) is 2. The Hall–Kier alpha value is -2.21. The summed E-state index contributed by atoms with van der Waals surface area (Å²) in [6, 6.07) is 3.53. The van der Waals surface area contributed by atoms with E-state index in [4.69, 9.17) is 16.3 Å². The zero-order chi connectivity index (χ0) is 15.0. The Labute approximate surface area is 127 Å². The van der Waals surface area contributed by atoms with E-state index in [1.165, 1.54) is 0 Å². The lowest BCUT2D eigenvalue weighted by atomic mass is 10.1. The predicted octanol–water partition coefficient (Wildman–Crippen LogP) is 2.58. The van der Waals surface area contributed by atoms with Crippen LogP contribution in [0.1, 0.15) is 18.5 Å². The van der Waals surface area contributed by atoms with Crippen LogP contribution in [0.25, 0.3) is 0 Å². The molecule has 0 saturated carbocycles. The van der Waals surface area contributed by atoms with Crippen molar-refractivity contribution < 1.29 is 9.53 Å². The van der Waals surface area contributed by atoms with Crippen molar-refractivity contribution in [2.75, 3.05) is 17.2 Å². The minimum atomic E-state index is -0.178.